The van der Waals surface area contributed by atoms with Crippen molar-refractivity contribution in [2.24, 2.45) is 11.3 Å². The molecule has 4 unspecified atom stereocenters. The Morgan fingerprint density at radius 3 is 2.76 bits per heavy atom. The molecular formula is C21H34N2O2. The van der Waals surface area contributed by atoms with Gasteiger partial charge in [-0.2, -0.15) is 0 Å². The Labute approximate surface area is 152 Å². The molecule has 0 radical (unpaired) electrons. The van der Waals surface area contributed by atoms with Crippen LogP contribution in [0, 0.1) is 11.3 Å². The van der Waals surface area contributed by atoms with Crippen molar-refractivity contribution >= 4 is 0 Å². The van der Waals surface area contributed by atoms with Crippen LogP contribution in [0.4, 0.5) is 0 Å². The maximum atomic E-state index is 9.92. The van der Waals surface area contributed by atoms with E-state index in [1.54, 1.807) is 0 Å². The average molecular weight is 347 g/mol. The highest BCUT2D eigenvalue weighted by atomic mass is 16.5. The first kappa shape index (κ1) is 18.8. The van der Waals surface area contributed by atoms with Gasteiger partial charge in [0.15, 0.2) is 0 Å². The van der Waals surface area contributed by atoms with Crippen LogP contribution in [0.15, 0.2) is 30.3 Å². The third kappa shape index (κ3) is 4.62. The lowest BCUT2D eigenvalue weighted by atomic mass is 9.75. The van der Waals surface area contributed by atoms with Gasteiger partial charge in [-0.25, -0.2) is 0 Å². The SMILES string of the molecule is CC(C)(CO)C(CNC1CCCC1C1COCCN1)c1ccccc1. The van der Waals surface area contributed by atoms with E-state index in [0.717, 1.165) is 26.3 Å². The number of aliphatic hydroxyl groups is 1. The van der Waals surface area contributed by atoms with Crippen molar-refractivity contribution in [1.29, 1.82) is 0 Å². The van der Waals surface area contributed by atoms with Gasteiger partial charge in [0.05, 0.1) is 13.2 Å². The zero-order valence-electron chi connectivity index (χ0n) is 15.7. The fourth-order valence-corrected chi connectivity index (χ4v) is 4.49. The summed E-state index contributed by atoms with van der Waals surface area (Å²) in [5.74, 6) is 0.949. The Morgan fingerprint density at radius 1 is 1.28 bits per heavy atom. The smallest absolute Gasteiger partial charge is 0.0623 e. The van der Waals surface area contributed by atoms with Crippen LogP contribution in [-0.2, 0) is 4.74 Å². The van der Waals surface area contributed by atoms with E-state index in [-0.39, 0.29) is 12.0 Å². The molecule has 0 aromatic heterocycles. The van der Waals surface area contributed by atoms with E-state index < -0.39 is 0 Å². The lowest BCUT2D eigenvalue weighted by Gasteiger charge is -2.37. The molecule has 1 aliphatic heterocycles. The highest BCUT2D eigenvalue weighted by Crippen LogP contribution is 2.36. The first-order chi connectivity index (χ1) is 12.1. The first-order valence-corrected chi connectivity index (χ1v) is 9.82. The minimum absolute atomic E-state index is 0.144. The molecular weight excluding hydrogens is 312 g/mol. The van der Waals surface area contributed by atoms with Gasteiger partial charge in [0.2, 0.25) is 0 Å². The van der Waals surface area contributed by atoms with Crippen molar-refractivity contribution in [2.45, 2.75) is 51.1 Å². The normalized spacial score (nSPS) is 28.8. The van der Waals surface area contributed by atoms with Crippen LogP contribution in [0.5, 0.6) is 0 Å². The molecule has 140 valence electrons. The molecule has 0 bridgehead atoms. The molecule has 3 rings (SSSR count). The van der Waals surface area contributed by atoms with E-state index >= 15 is 0 Å². The lowest BCUT2D eigenvalue weighted by molar-refractivity contribution is 0.0517. The summed E-state index contributed by atoms with van der Waals surface area (Å²) in [6.07, 6.45) is 3.81. The molecule has 2 aliphatic rings. The van der Waals surface area contributed by atoms with Crippen LogP contribution in [0.25, 0.3) is 0 Å². The predicted molar refractivity (Wildman–Crippen MR) is 102 cm³/mol. The predicted octanol–water partition coefficient (Wildman–Crippen LogP) is 2.54. The maximum Gasteiger partial charge on any atom is 0.0623 e. The van der Waals surface area contributed by atoms with Crippen LogP contribution in [0.2, 0.25) is 0 Å². The van der Waals surface area contributed by atoms with Crippen molar-refractivity contribution in [3.63, 3.8) is 0 Å². The second kappa shape index (κ2) is 8.63. The largest absolute Gasteiger partial charge is 0.396 e. The van der Waals surface area contributed by atoms with Crippen LogP contribution < -0.4 is 10.6 Å². The van der Waals surface area contributed by atoms with Crippen molar-refractivity contribution in [1.82, 2.24) is 10.6 Å². The molecule has 4 heteroatoms. The number of nitrogens with one attached hydrogen (secondary N) is 2. The third-order valence-electron chi connectivity index (χ3n) is 6.17. The summed E-state index contributed by atoms with van der Waals surface area (Å²) in [4.78, 5) is 0. The summed E-state index contributed by atoms with van der Waals surface area (Å²) in [5.41, 5.74) is 1.16. The molecule has 4 nitrogen and oxygen atoms in total. The molecule has 0 amide bonds. The second-order valence-corrected chi connectivity index (χ2v) is 8.35. The molecule has 1 aromatic rings. The number of benzene rings is 1. The highest BCUT2D eigenvalue weighted by Gasteiger charge is 2.36. The lowest BCUT2D eigenvalue weighted by Crippen LogP contribution is -2.51. The number of hydrogen-bond donors (Lipinski definition) is 3. The summed E-state index contributed by atoms with van der Waals surface area (Å²) in [6, 6.07) is 11.6. The van der Waals surface area contributed by atoms with Crippen LogP contribution in [0.1, 0.15) is 44.6 Å². The molecule has 1 saturated heterocycles. The van der Waals surface area contributed by atoms with E-state index in [1.165, 1.54) is 24.8 Å². The quantitative estimate of drug-likeness (QED) is 0.710. The van der Waals surface area contributed by atoms with Gasteiger partial charge in [0.25, 0.3) is 0 Å². The molecule has 1 heterocycles. The minimum Gasteiger partial charge on any atom is -0.396 e. The second-order valence-electron chi connectivity index (χ2n) is 8.35. The number of ether oxygens (including phenoxy) is 1. The summed E-state index contributed by atoms with van der Waals surface area (Å²) in [7, 11) is 0. The fraction of sp³-hybridized carbons (Fsp3) is 0.714. The van der Waals surface area contributed by atoms with E-state index in [0.29, 0.717) is 23.9 Å². The van der Waals surface area contributed by atoms with Gasteiger partial charge in [-0.1, -0.05) is 50.6 Å². The Kier molecular flexibility index (Phi) is 6.50. The van der Waals surface area contributed by atoms with Gasteiger partial charge < -0.3 is 20.5 Å². The number of aliphatic hydroxyl groups excluding tert-OH is 1. The van der Waals surface area contributed by atoms with Gasteiger partial charge in [0.1, 0.15) is 0 Å². The molecule has 1 saturated carbocycles. The van der Waals surface area contributed by atoms with E-state index in [9.17, 15) is 5.11 Å². The molecule has 3 N–H and O–H groups in total. The molecule has 1 aromatic carbocycles. The third-order valence-corrected chi connectivity index (χ3v) is 6.17. The molecule has 2 fully saturated rings. The Balaban J connectivity index is 1.66. The van der Waals surface area contributed by atoms with Crippen LogP contribution >= 0.6 is 0 Å². The number of morpholine rings is 1. The molecule has 25 heavy (non-hydrogen) atoms. The van der Waals surface area contributed by atoms with E-state index in [2.05, 4.69) is 54.8 Å². The number of rotatable bonds is 7. The van der Waals surface area contributed by atoms with Gasteiger partial charge >= 0.3 is 0 Å². The molecule has 0 spiro atoms. The molecule has 4 atom stereocenters. The van der Waals surface area contributed by atoms with Gasteiger partial charge in [-0.3, -0.25) is 0 Å². The number of hydrogen-bond acceptors (Lipinski definition) is 4. The standard InChI is InChI=1S/C21H34N2O2/c1-21(2,15-24)18(16-7-4-3-5-8-16)13-23-19-10-6-9-17(19)20-14-25-12-11-22-20/h3-5,7-8,17-20,22-24H,6,9-15H2,1-2H3. The highest BCUT2D eigenvalue weighted by molar-refractivity contribution is 5.22. The Morgan fingerprint density at radius 2 is 2.08 bits per heavy atom. The average Bonchev–Trinajstić information content (AvgIpc) is 3.12. The van der Waals surface area contributed by atoms with Gasteiger partial charge in [-0.05, 0) is 29.7 Å². The minimum atomic E-state index is -0.144. The van der Waals surface area contributed by atoms with Gasteiger partial charge in [-0.15, -0.1) is 0 Å². The van der Waals surface area contributed by atoms with Gasteiger partial charge in [0, 0.05) is 37.7 Å². The summed E-state index contributed by atoms with van der Waals surface area (Å²) < 4.78 is 5.69. The fourth-order valence-electron chi connectivity index (χ4n) is 4.49. The van der Waals surface area contributed by atoms with Crippen molar-refractivity contribution in [3.05, 3.63) is 35.9 Å². The monoisotopic (exact) mass is 346 g/mol. The van der Waals surface area contributed by atoms with Crippen molar-refractivity contribution in [2.75, 3.05) is 32.9 Å². The zero-order chi connectivity index (χ0) is 17.7. The summed E-state index contributed by atoms with van der Waals surface area (Å²) >= 11 is 0. The summed E-state index contributed by atoms with van der Waals surface area (Å²) in [5, 5.41) is 17.4. The van der Waals surface area contributed by atoms with Crippen LogP contribution in [0.3, 0.4) is 0 Å². The Bertz CT molecular complexity index is 514. The first-order valence-electron chi connectivity index (χ1n) is 9.82. The van der Waals surface area contributed by atoms with Crippen LogP contribution in [-0.4, -0.2) is 50.1 Å². The molecule has 1 aliphatic carbocycles. The topological polar surface area (TPSA) is 53.5 Å². The Hall–Kier alpha value is -0.940. The van der Waals surface area contributed by atoms with E-state index in [1.807, 2.05) is 0 Å². The van der Waals surface area contributed by atoms with Crippen molar-refractivity contribution < 1.29 is 9.84 Å². The van der Waals surface area contributed by atoms with Crippen molar-refractivity contribution in [3.8, 4) is 0 Å². The maximum absolute atomic E-state index is 9.92. The summed E-state index contributed by atoms with van der Waals surface area (Å²) in [6.45, 7) is 8.07. The van der Waals surface area contributed by atoms with E-state index in [4.69, 9.17) is 4.74 Å². The zero-order valence-corrected chi connectivity index (χ0v) is 15.7.